The van der Waals surface area contributed by atoms with E-state index in [1.807, 2.05) is 0 Å². The number of benzene rings is 2. The van der Waals surface area contributed by atoms with Gasteiger partial charge in [0.1, 0.15) is 5.82 Å². The highest BCUT2D eigenvalue weighted by Crippen LogP contribution is 2.19. The molecule has 0 bridgehead atoms. The summed E-state index contributed by atoms with van der Waals surface area (Å²) < 4.78 is 12.9. The fourth-order valence-electron chi connectivity index (χ4n) is 1.51. The van der Waals surface area contributed by atoms with E-state index in [9.17, 15) is 14.0 Å². The SMILES string of the molecule is O=Cc1cc2ccc(F)cc2cc1C=O. The Labute approximate surface area is 85.3 Å². The summed E-state index contributed by atoms with van der Waals surface area (Å²) in [7, 11) is 0. The zero-order chi connectivity index (χ0) is 10.8. The average molecular weight is 202 g/mol. The van der Waals surface area contributed by atoms with E-state index in [0.29, 0.717) is 23.5 Å². The van der Waals surface area contributed by atoms with Gasteiger partial charge in [-0.25, -0.2) is 4.39 Å². The van der Waals surface area contributed by atoms with Crippen molar-refractivity contribution in [1.82, 2.24) is 0 Å². The number of carbonyl (C=O) groups is 2. The Kier molecular flexibility index (Phi) is 2.29. The van der Waals surface area contributed by atoms with Crippen LogP contribution in [0, 0.1) is 5.82 Å². The lowest BCUT2D eigenvalue weighted by atomic mass is 10.0. The molecule has 0 aliphatic heterocycles. The molecular formula is C12H7FO2. The van der Waals surface area contributed by atoms with Crippen LogP contribution in [-0.4, -0.2) is 12.6 Å². The highest BCUT2D eigenvalue weighted by Gasteiger charge is 2.04. The number of aldehydes is 2. The van der Waals surface area contributed by atoms with Crippen LogP contribution in [0.15, 0.2) is 30.3 Å². The first-order valence-corrected chi connectivity index (χ1v) is 4.38. The van der Waals surface area contributed by atoms with Gasteiger partial charge >= 0.3 is 0 Å². The Hall–Kier alpha value is -2.03. The summed E-state index contributed by atoms with van der Waals surface area (Å²) in [5.74, 6) is -0.363. The molecule has 0 aliphatic carbocycles. The lowest BCUT2D eigenvalue weighted by molar-refractivity contribution is 0.109. The zero-order valence-corrected chi connectivity index (χ0v) is 7.74. The van der Waals surface area contributed by atoms with Crippen LogP contribution in [0.25, 0.3) is 10.8 Å². The molecule has 0 heterocycles. The third-order valence-electron chi connectivity index (χ3n) is 2.26. The van der Waals surface area contributed by atoms with Crippen LogP contribution in [-0.2, 0) is 0 Å². The van der Waals surface area contributed by atoms with Gasteiger partial charge in [0.05, 0.1) is 0 Å². The molecule has 0 saturated carbocycles. The number of rotatable bonds is 2. The second-order valence-electron chi connectivity index (χ2n) is 3.21. The van der Waals surface area contributed by atoms with Gasteiger partial charge < -0.3 is 0 Å². The van der Waals surface area contributed by atoms with Gasteiger partial charge in [0, 0.05) is 11.1 Å². The van der Waals surface area contributed by atoms with Crippen LogP contribution in [0.3, 0.4) is 0 Å². The summed E-state index contributed by atoms with van der Waals surface area (Å²) in [6.45, 7) is 0. The molecule has 0 aromatic heterocycles. The summed E-state index contributed by atoms with van der Waals surface area (Å²) in [6.07, 6.45) is 1.21. The normalized spacial score (nSPS) is 10.2. The fraction of sp³-hybridized carbons (Fsp3) is 0. The maximum atomic E-state index is 12.9. The van der Waals surface area contributed by atoms with Crippen LogP contribution in [0.2, 0.25) is 0 Å². The maximum absolute atomic E-state index is 12.9. The molecule has 2 nitrogen and oxygen atoms in total. The van der Waals surface area contributed by atoms with E-state index in [4.69, 9.17) is 0 Å². The molecule has 0 N–H and O–H groups in total. The van der Waals surface area contributed by atoms with E-state index < -0.39 is 0 Å². The van der Waals surface area contributed by atoms with E-state index in [1.165, 1.54) is 18.2 Å². The minimum atomic E-state index is -0.363. The van der Waals surface area contributed by atoms with Gasteiger partial charge in [-0.2, -0.15) is 0 Å². The lowest BCUT2D eigenvalue weighted by Gasteiger charge is -2.01. The molecule has 0 fully saturated rings. The summed E-state index contributed by atoms with van der Waals surface area (Å²) in [4.78, 5) is 21.3. The molecule has 2 aromatic carbocycles. The molecular weight excluding hydrogens is 195 g/mol. The third-order valence-corrected chi connectivity index (χ3v) is 2.26. The van der Waals surface area contributed by atoms with Gasteiger partial charge in [0.15, 0.2) is 12.6 Å². The van der Waals surface area contributed by atoms with Gasteiger partial charge in [-0.3, -0.25) is 9.59 Å². The smallest absolute Gasteiger partial charge is 0.150 e. The second kappa shape index (κ2) is 3.61. The van der Waals surface area contributed by atoms with Crippen molar-refractivity contribution < 1.29 is 14.0 Å². The topological polar surface area (TPSA) is 34.1 Å². The van der Waals surface area contributed by atoms with Gasteiger partial charge in [-0.05, 0) is 35.0 Å². The summed E-state index contributed by atoms with van der Waals surface area (Å²) in [5, 5.41) is 1.35. The van der Waals surface area contributed by atoms with E-state index in [1.54, 1.807) is 12.1 Å². The number of hydrogen-bond donors (Lipinski definition) is 0. The molecule has 74 valence electrons. The highest BCUT2D eigenvalue weighted by molar-refractivity contribution is 5.98. The van der Waals surface area contributed by atoms with Crippen molar-refractivity contribution in [1.29, 1.82) is 0 Å². The molecule has 3 heteroatoms. The standard InChI is InChI=1S/C12H7FO2/c13-12-2-1-8-3-10(6-14)11(7-15)4-9(8)5-12/h1-7H. The Bertz CT molecular complexity index is 547. The van der Waals surface area contributed by atoms with Crippen molar-refractivity contribution in [3.05, 3.63) is 47.3 Å². The molecule has 0 spiro atoms. The van der Waals surface area contributed by atoms with E-state index in [2.05, 4.69) is 0 Å². The third kappa shape index (κ3) is 1.64. The molecule has 0 amide bonds. The monoisotopic (exact) mass is 202 g/mol. The van der Waals surface area contributed by atoms with Gasteiger partial charge in [0.25, 0.3) is 0 Å². The molecule has 2 rings (SSSR count). The van der Waals surface area contributed by atoms with Crippen LogP contribution >= 0.6 is 0 Å². The van der Waals surface area contributed by atoms with Crippen molar-refractivity contribution in [3.63, 3.8) is 0 Å². The molecule has 0 atom stereocenters. The minimum Gasteiger partial charge on any atom is -0.298 e. The molecule has 2 aromatic rings. The summed E-state index contributed by atoms with van der Waals surface area (Å²) in [6, 6.07) is 7.31. The van der Waals surface area contributed by atoms with Crippen LogP contribution in [0.1, 0.15) is 20.7 Å². The Morgan fingerprint density at radius 3 is 2.07 bits per heavy atom. The Balaban J connectivity index is 2.80. The van der Waals surface area contributed by atoms with Crippen molar-refractivity contribution in [2.75, 3.05) is 0 Å². The van der Waals surface area contributed by atoms with Crippen molar-refractivity contribution >= 4 is 23.3 Å². The fourth-order valence-corrected chi connectivity index (χ4v) is 1.51. The van der Waals surface area contributed by atoms with Crippen molar-refractivity contribution in [2.45, 2.75) is 0 Å². The molecule has 15 heavy (non-hydrogen) atoms. The van der Waals surface area contributed by atoms with Crippen molar-refractivity contribution in [3.8, 4) is 0 Å². The first-order valence-electron chi connectivity index (χ1n) is 4.38. The maximum Gasteiger partial charge on any atom is 0.150 e. The summed E-state index contributed by atoms with van der Waals surface area (Å²) in [5.41, 5.74) is 0.604. The predicted octanol–water partition coefficient (Wildman–Crippen LogP) is 2.60. The highest BCUT2D eigenvalue weighted by atomic mass is 19.1. The number of hydrogen-bond acceptors (Lipinski definition) is 2. The number of carbonyl (C=O) groups excluding carboxylic acids is 2. The van der Waals surface area contributed by atoms with E-state index >= 15 is 0 Å². The van der Waals surface area contributed by atoms with E-state index in [0.717, 1.165) is 5.39 Å². The zero-order valence-electron chi connectivity index (χ0n) is 7.74. The lowest BCUT2D eigenvalue weighted by Crippen LogP contribution is -1.91. The first-order chi connectivity index (χ1) is 7.24. The van der Waals surface area contributed by atoms with E-state index in [-0.39, 0.29) is 11.4 Å². The second-order valence-corrected chi connectivity index (χ2v) is 3.21. The van der Waals surface area contributed by atoms with Gasteiger partial charge in [-0.1, -0.05) is 6.07 Å². The molecule has 0 radical (unpaired) electrons. The quantitative estimate of drug-likeness (QED) is 0.701. The Morgan fingerprint density at radius 1 is 0.867 bits per heavy atom. The van der Waals surface area contributed by atoms with Crippen LogP contribution < -0.4 is 0 Å². The number of halogens is 1. The average Bonchev–Trinajstić information content (AvgIpc) is 2.27. The molecule has 0 saturated heterocycles. The molecule has 0 aliphatic rings. The van der Waals surface area contributed by atoms with Gasteiger partial charge in [0.2, 0.25) is 0 Å². The minimum absolute atomic E-state index is 0.281. The first kappa shape index (κ1) is 9.52. The largest absolute Gasteiger partial charge is 0.298 e. The predicted molar refractivity (Wildman–Crippen MR) is 54.7 cm³/mol. The van der Waals surface area contributed by atoms with Crippen LogP contribution in [0.4, 0.5) is 4.39 Å². The summed E-state index contributed by atoms with van der Waals surface area (Å²) >= 11 is 0. The Morgan fingerprint density at radius 2 is 1.47 bits per heavy atom. The van der Waals surface area contributed by atoms with Crippen molar-refractivity contribution in [2.24, 2.45) is 0 Å². The number of fused-ring (bicyclic) bond motifs is 1. The molecule has 0 unspecified atom stereocenters. The van der Waals surface area contributed by atoms with Gasteiger partial charge in [-0.15, -0.1) is 0 Å². The van der Waals surface area contributed by atoms with Crippen LogP contribution in [0.5, 0.6) is 0 Å².